The third-order valence-corrected chi connectivity index (χ3v) is 5.49. The van der Waals surface area contributed by atoms with Gasteiger partial charge in [-0.2, -0.15) is 0 Å². The molecule has 2 atom stereocenters. The molecule has 1 N–H and O–H groups in total. The number of rotatable bonds is 5. The molecule has 4 rings (SSSR count). The van der Waals surface area contributed by atoms with E-state index < -0.39 is 23.5 Å². The van der Waals surface area contributed by atoms with Crippen LogP contribution in [0.1, 0.15) is 30.0 Å². The van der Waals surface area contributed by atoms with Crippen LogP contribution in [0.15, 0.2) is 54.1 Å². The van der Waals surface area contributed by atoms with Crippen LogP contribution in [0.25, 0.3) is 5.76 Å². The number of carbonyl (C=O) groups excluding carboxylic acids is 2. The van der Waals surface area contributed by atoms with Gasteiger partial charge in [0.05, 0.1) is 24.8 Å². The number of likely N-dealkylation sites (tertiary alicyclic amines) is 1. The summed E-state index contributed by atoms with van der Waals surface area (Å²) in [4.78, 5) is 27.2. The average molecular weight is 411 g/mol. The van der Waals surface area contributed by atoms with Gasteiger partial charge in [0.2, 0.25) is 0 Å². The van der Waals surface area contributed by atoms with E-state index in [0.29, 0.717) is 23.5 Å². The van der Waals surface area contributed by atoms with Crippen molar-refractivity contribution in [1.29, 1.82) is 0 Å². The summed E-state index contributed by atoms with van der Waals surface area (Å²) in [5.41, 5.74) is 0.725. The number of amides is 1. The lowest BCUT2D eigenvalue weighted by atomic mass is 9.95. The molecule has 2 aliphatic rings. The van der Waals surface area contributed by atoms with Crippen molar-refractivity contribution in [2.24, 2.45) is 0 Å². The van der Waals surface area contributed by atoms with Gasteiger partial charge < -0.3 is 19.5 Å². The largest absolute Gasteiger partial charge is 0.507 e. The molecule has 2 aromatic carbocycles. The van der Waals surface area contributed by atoms with E-state index >= 15 is 0 Å². The number of ether oxygens (including phenoxy) is 2. The second-order valence-corrected chi connectivity index (χ2v) is 7.37. The van der Waals surface area contributed by atoms with E-state index in [1.807, 2.05) is 0 Å². The highest BCUT2D eigenvalue weighted by molar-refractivity contribution is 6.46. The number of methoxy groups -OCH3 is 1. The van der Waals surface area contributed by atoms with Gasteiger partial charge in [0, 0.05) is 18.7 Å². The van der Waals surface area contributed by atoms with Crippen molar-refractivity contribution >= 4 is 17.4 Å². The van der Waals surface area contributed by atoms with Crippen LogP contribution in [0.3, 0.4) is 0 Å². The predicted octanol–water partition coefficient (Wildman–Crippen LogP) is 3.44. The third-order valence-electron chi connectivity index (χ3n) is 5.49. The zero-order valence-electron chi connectivity index (χ0n) is 16.5. The normalized spacial score (nSPS) is 23.2. The van der Waals surface area contributed by atoms with Gasteiger partial charge in [-0.15, -0.1) is 0 Å². The van der Waals surface area contributed by atoms with E-state index in [1.54, 1.807) is 30.3 Å². The van der Waals surface area contributed by atoms with E-state index in [0.717, 1.165) is 12.8 Å². The van der Waals surface area contributed by atoms with Gasteiger partial charge in [-0.25, -0.2) is 4.39 Å². The number of nitrogens with zero attached hydrogens (tertiary/aromatic N) is 1. The molecule has 0 bridgehead atoms. The minimum atomic E-state index is -0.896. The summed E-state index contributed by atoms with van der Waals surface area (Å²) in [6, 6.07) is 11.3. The summed E-state index contributed by atoms with van der Waals surface area (Å²) < 4.78 is 24.7. The van der Waals surface area contributed by atoms with Crippen molar-refractivity contribution < 1.29 is 28.6 Å². The molecule has 2 aliphatic heterocycles. The quantitative estimate of drug-likeness (QED) is 0.463. The second kappa shape index (κ2) is 8.28. The summed E-state index contributed by atoms with van der Waals surface area (Å²) in [6.45, 7) is 0.802. The lowest BCUT2D eigenvalue weighted by Crippen LogP contribution is -2.36. The molecular formula is C23H22FNO5. The maximum absolute atomic E-state index is 14.0. The van der Waals surface area contributed by atoms with E-state index in [9.17, 15) is 19.1 Å². The summed E-state index contributed by atoms with van der Waals surface area (Å²) in [6.07, 6.45) is 1.46. The van der Waals surface area contributed by atoms with Crippen LogP contribution < -0.4 is 4.74 Å². The number of Topliss-reactive ketones (excluding diaryl/α,β-unsaturated/α-hetero) is 1. The Morgan fingerprint density at radius 1 is 1.23 bits per heavy atom. The topological polar surface area (TPSA) is 76.1 Å². The van der Waals surface area contributed by atoms with Gasteiger partial charge in [0.15, 0.2) is 0 Å². The fraction of sp³-hybridized carbons (Fsp3) is 0.304. The van der Waals surface area contributed by atoms with Crippen molar-refractivity contribution in [1.82, 2.24) is 4.90 Å². The molecule has 30 heavy (non-hydrogen) atoms. The number of ketones is 1. The molecule has 156 valence electrons. The Kier molecular flexibility index (Phi) is 5.55. The molecule has 2 saturated heterocycles. The first kappa shape index (κ1) is 20.1. The van der Waals surface area contributed by atoms with Crippen LogP contribution in [0, 0.1) is 5.82 Å². The number of aliphatic hydroxyl groups is 1. The molecule has 1 amide bonds. The van der Waals surface area contributed by atoms with Gasteiger partial charge >= 0.3 is 0 Å². The molecule has 2 fully saturated rings. The van der Waals surface area contributed by atoms with Crippen LogP contribution in [0.4, 0.5) is 4.39 Å². The number of halogens is 1. The van der Waals surface area contributed by atoms with Gasteiger partial charge in [-0.3, -0.25) is 9.59 Å². The lowest BCUT2D eigenvalue weighted by Gasteiger charge is -2.27. The fourth-order valence-electron chi connectivity index (χ4n) is 4.00. The minimum absolute atomic E-state index is 0.0613. The molecule has 6 nitrogen and oxygen atoms in total. The SMILES string of the molecule is COc1ccc(C(O)=C2C(=O)C(=O)N(C[C@@H]3CCCO3)[C@H]2c2cccc(F)c2)cc1. The van der Waals surface area contributed by atoms with Crippen molar-refractivity contribution in [3.8, 4) is 5.75 Å². The number of hydrogen-bond acceptors (Lipinski definition) is 5. The first-order chi connectivity index (χ1) is 14.5. The molecule has 0 spiro atoms. The van der Waals surface area contributed by atoms with Gasteiger partial charge in [0.25, 0.3) is 11.7 Å². The minimum Gasteiger partial charge on any atom is -0.507 e. The molecule has 2 aromatic rings. The van der Waals surface area contributed by atoms with Crippen LogP contribution in [0.5, 0.6) is 5.75 Å². The Hall–Kier alpha value is -3.19. The summed E-state index contributed by atoms with van der Waals surface area (Å²) in [5.74, 6) is -1.72. The fourth-order valence-corrected chi connectivity index (χ4v) is 4.00. The van der Waals surface area contributed by atoms with Gasteiger partial charge in [-0.05, 0) is 54.8 Å². The monoisotopic (exact) mass is 411 g/mol. The maximum atomic E-state index is 14.0. The van der Waals surface area contributed by atoms with Gasteiger partial charge in [0.1, 0.15) is 17.3 Å². The molecule has 0 aliphatic carbocycles. The maximum Gasteiger partial charge on any atom is 0.295 e. The zero-order valence-corrected chi connectivity index (χ0v) is 16.5. The smallest absolute Gasteiger partial charge is 0.295 e. The van der Waals surface area contributed by atoms with E-state index in [4.69, 9.17) is 9.47 Å². The number of hydrogen-bond donors (Lipinski definition) is 1. The summed E-state index contributed by atoms with van der Waals surface area (Å²) >= 11 is 0. The Bertz CT molecular complexity index is 995. The average Bonchev–Trinajstić information content (AvgIpc) is 3.36. The van der Waals surface area contributed by atoms with Crippen LogP contribution in [-0.4, -0.2) is 48.1 Å². The van der Waals surface area contributed by atoms with Crippen LogP contribution in [-0.2, 0) is 14.3 Å². The second-order valence-electron chi connectivity index (χ2n) is 7.37. The molecular weight excluding hydrogens is 389 g/mol. The molecule has 0 radical (unpaired) electrons. The highest BCUT2D eigenvalue weighted by Gasteiger charge is 2.47. The highest BCUT2D eigenvalue weighted by Crippen LogP contribution is 2.40. The number of carbonyl (C=O) groups is 2. The Labute approximate surface area is 173 Å². The molecule has 0 saturated carbocycles. The zero-order chi connectivity index (χ0) is 21.3. The first-order valence-electron chi connectivity index (χ1n) is 9.79. The van der Waals surface area contributed by atoms with Crippen molar-refractivity contribution in [3.05, 3.63) is 71.0 Å². The number of benzene rings is 2. The molecule has 0 aromatic heterocycles. The van der Waals surface area contributed by atoms with E-state index in [1.165, 1.54) is 30.2 Å². The van der Waals surface area contributed by atoms with Crippen molar-refractivity contribution in [2.75, 3.05) is 20.3 Å². The first-order valence-corrected chi connectivity index (χ1v) is 9.79. The summed E-state index contributed by atoms with van der Waals surface area (Å²) in [7, 11) is 1.52. The van der Waals surface area contributed by atoms with Gasteiger partial charge in [-0.1, -0.05) is 12.1 Å². The molecule has 0 unspecified atom stereocenters. The Morgan fingerprint density at radius 3 is 2.63 bits per heavy atom. The standard InChI is InChI=1S/C23H22FNO5/c1-29-17-9-7-14(8-10-17)21(26)19-20(15-4-2-5-16(24)12-15)25(23(28)22(19)27)13-18-6-3-11-30-18/h2,4-5,7-10,12,18,20,26H,3,6,11,13H2,1H3/t18-,20-/m0/s1. The van der Waals surface area contributed by atoms with Crippen molar-refractivity contribution in [2.45, 2.75) is 25.0 Å². The van der Waals surface area contributed by atoms with Crippen LogP contribution >= 0.6 is 0 Å². The van der Waals surface area contributed by atoms with Crippen LogP contribution in [0.2, 0.25) is 0 Å². The highest BCUT2D eigenvalue weighted by atomic mass is 19.1. The number of aliphatic hydroxyl groups excluding tert-OH is 1. The Balaban J connectivity index is 1.81. The van der Waals surface area contributed by atoms with E-state index in [2.05, 4.69) is 0 Å². The molecule has 2 heterocycles. The van der Waals surface area contributed by atoms with Crippen molar-refractivity contribution in [3.63, 3.8) is 0 Å². The predicted molar refractivity (Wildman–Crippen MR) is 107 cm³/mol. The Morgan fingerprint density at radius 2 is 2.00 bits per heavy atom. The molecule has 7 heteroatoms. The summed E-state index contributed by atoms with van der Waals surface area (Å²) in [5, 5.41) is 11.0. The lowest BCUT2D eigenvalue weighted by molar-refractivity contribution is -0.140. The van der Waals surface area contributed by atoms with E-state index in [-0.39, 0.29) is 24.0 Å². The third kappa shape index (κ3) is 3.68.